The van der Waals surface area contributed by atoms with E-state index in [-0.39, 0.29) is 0 Å². The largest absolute Gasteiger partial charge is 0.309 e. The zero-order valence-electron chi connectivity index (χ0n) is 8.72. The molecule has 0 fully saturated rings. The average Bonchev–Trinajstić information content (AvgIpc) is 1.86. The van der Waals surface area contributed by atoms with Crippen LogP contribution in [0, 0.1) is 11.8 Å². The molecule has 0 aliphatic heterocycles. The second-order valence-corrected chi connectivity index (χ2v) is 4.06. The van der Waals surface area contributed by atoms with E-state index in [2.05, 4.69) is 39.8 Å². The summed E-state index contributed by atoms with van der Waals surface area (Å²) in [5.74, 6) is 1.72. The van der Waals surface area contributed by atoms with Gasteiger partial charge in [-0.3, -0.25) is 0 Å². The van der Waals surface area contributed by atoms with Gasteiger partial charge < -0.3 is 4.90 Å². The summed E-state index contributed by atoms with van der Waals surface area (Å²) in [5.41, 5.74) is 0. The van der Waals surface area contributed by atoms with Gasteiger partial charge in [0.2, 0.25) is 0 Å². The van der Waals surface area contributed by atoms with Crippen molar-refractivity contribution in [1.82, 2.24) is 4.90 Å². The number of hydrogen-bond donors (Lipinski definition) is 0. The van der Waals surface area contributed by atoms with Gasteiger partial charge >= 0.3 is 0 Å². The Hall–Kier alpha value is -0.0400. The maximum absolute atomic E-state index is 2.32. The zero-order valence-corrected chi connectivity index (χ0v) is 8.72. The predicted octanol–water partition coefficient (Wildman–Crippen LogP) is 2.62. The standard InChI is InChI=1S/C10H23N/c1-6-7-10(9(2)3)8-11(4)5/h9-10H,6-8H2,1-5H3. The van der Waals surface area contributed by atoms with Crippen LogP contribution < -0.4 is 0 Å². The van der Waals surface area contributed by atoms with Crippen LogP contribution in [0.2, 0.25) is 0 Å². The Morgan fingerprint density at radius 2 is 1.73 bits per heavy atom. The van der Waals surface area contributed by atoms with Gasteiger partial charge in [-0.1, -0.05) is 27.2 Å². The van der Waals surface area contributed by atoms with Gasteiger partial charge in [0, 0.05) is 6.54 Å². The van der Waals surface area contributed by atoms with E-state index in [1.807, 2.05) is 0 Å². The van der Waals surface area contributed by atoms with Gasteiger partial charge in [0.25, 0.3) is 0 Å². The normalized spacial score (nSPS) is 14.5. The molecule has 1 nitrogen and oxygen atoms in total. The molecule has 0 saturated carbocycles. The molecule has 11 heavy (non-hydrogen) atoms. The van der Waals surface area contributed by atoms with E-state index in [4.69, 9.17) is 0 Å². The van der Waals surface area contributed by atoms with Crippen LogP contribution >= 0.6 is 0 Å². The Bertz CT molecular complexity index is 86.9. The van der Waals surface area contributed by atoms with E-state index in [1.54, 1.807) is 0 Å². The summed E-state index contributed by atoms with van der Waals surface area (Å²) in [7, 11) is 4.32. The van der Waals surface area contributed by atoms with Crippen molar-refractivity contribution < 1.29 is 0 Å². The SMILES string of the molecule is CCCC(CN(C)C)C(C)C. The Morgan fingerprint density at radius 1 is 1.18 bits per heavy atom. The zero-order chi connectivity index (χ0) is 8.85. The second kappa shape index (κ2) is 5.59. The molecule has 1 atom stereocenters. The van der Waals surface area contributed by atoms with E-state index in [1.165, 1.54) is 19.4 Å². The first kappa shape index (κ1) is 11.0. The lowest BCUT2D eigenvalue weighted by Gasteiger charge is -2.23. The molecule has 0 spiro atoms. The van der Waals surface area contributed by atoms with Crippen molar-refractivity contribution in [2.24, 2.45) is 11.8 Å². The predicted molar refractivity (Wildman–Crippen MR) is 51.8 cm³/mol. The van der Waals surface area contributed by atoms with Crippen LogP contribution in [-0.2, 0) is 0 Å². The quantitative estimate of drug-likeness (QED) is 0.593. The third-order valence-electron chi connectivity index (χ3n) is 2.20. The molecule has 68 valence electrons. The molecule has 0 aromatic carbocycles. The van der Waals surface area contributed by atoms with Crippen molar-refractivity contribution in [3.8, 4) is 0 Å². The van der Waals surface area contributed by atoms with Crippen molar-refractivity contribution in [2.75, 3.05) is 20.6 Å². The minimum atomic E-state index is 0.831. The number of rotatable bonds is 5. The maximum Gasteiger partial charge on any atom is 0.000600 e. The van der Waals surface area contributed by atoms with Gasteiger partial charge in [-0.15, -0.1) is 0 Å². The molecular formula is C10H23N. The summed E-state index contributed by atoms with van der Waals surface area (Å²) < 4.78 is 0. The van der Waals surface area contributed by atoms with E-state index in [0.717, 1.165) is 11.8 Å². The summed E-state index contributed by atoms with van der Waals surface area (Å²) >= 11 is 0. The first-order valence-electron chi connectivity index (χ1n) is 4.72. The Kier molecular flexibility index (Phi) is 5.57. The highest BCUT2D eigenvalue weighted by Crippen LogP contribution is 2.17. The molecule has 0 aliphatic carbocycles. The average molecular weight is 157 g/mol. The molecule has 0 amide bonds. The second-order valence-electron chi connectivity index (χ2n) is 4.06. The van der Waals surface area contributed by atoms with E-state index >= 15 is 0 Å². The molecular weight excluding hydrogens is 134 g/mol. The van der Waals surface area contributed by atoms with Crippen LogP contribution in [0.25, 0.3) is 0 Å². The minimum Gasteiger partial charge on any atom is -0.309 e. The summed E-state index contributed by atoms with van der Waals surface area (Å²) in [4.78, 5) is 2.29. The molecule has 1 unspecified atom stereocenters. The summed E-state index contributed by atoms with van der Waals surface area (Å²) in [6, 6.07) is 0. The number of hydrogen-bond acceptors (Lipinski definition) is 1. The lowest BCUT2D eigenvalue weighted by atomic mass is 9.91. The Morgan fingerprint density at radius 3 is 2.00 bits per heavy atom. The van der Waals surface area contributed by atoms with Crippen molar-refractivity contribution in [3.63, 3.8) is 0 Å². The summed E-state index contributed by atoms with van der Waals surface area (Å²) in [6.45, 7) is 8.16. The Labute approximate surface area is 71.8 Å². The summed E-state index contributed by atoms with van der Waals surface area (Å²) in [6.07, 6.45) is 2.69. The molecule has 0 aromatic heterocycles. The molecule has 0 aromatic rings. The molecule has 0 heterocycles. The molecule has 0 radical (unpaired) electrons. The van der Waals surface area contributed by atoms with Gasteiger partial charge in [0.15, 0.2) is 0 Å². The monoisotopic (exact) mass is 157 g/mol. The molecule has 0 N–H and O–H groups in total. The van der Waals surface area contributed by atoms with Crippen LogP contribution in [-0.4, -0.2) is 25.5 Å². The van der Waals surface area contributed by atoms with Gasteiger partial charge in [0.1, 0.15) is 0 Å². The van der Waals surface area contributed by atoms with Crippen molar-refractivity contribution >= 4 is 0 Å². The van der Waals surface area contributed by atoms with Crippen LogP contribution in [0.5, 0.6) is 0 Å². The van der Waals surface area contributed by atoms with Crippen LogP contribution in [0.3, 0.4) is 0 Å². The van der Waals surface area contributed by atoms with E-state index < -0.39 is 0 Å². The number of nitrogens with zero attached hydrogens (tertiary/aromatic N) is 1. The fourth-order valence-corrected chi connectivity index (χ4v) is 1.48. The van der Waals surface area contributed by atoms with Gasteiger partial charge in [0.05, 0.1) is 0 Å². The molecule has 0 aliphatic rings. The molecule has 0 saturated heterocycles. The highest BCUT2D eigenvalue weighted by atomic mass is 15.1. The lowest BCUT2D eigenvalue weighted by molar-refractivity contribution is 0.254. The van der Waals surface area contributed by atoms with Gasteiger partial charge in [-0.25, -0.2) is 0 Å². The van der Waals surface area contributed by atoms with Gasteiger partial charge in [-0.2, -0.15) is 0 Å². The topological polar surface area (TPSA) is 3.24 Å². The maximum atomic E-state index is 2.32. The van der Waals surface area contributed by atoms with Crippen LogP contribution in [0.1, 0.15) is 33.6 Å². The fourth-order valence-electron chi connectivity index (χ4n) is 1.48. The first-order valence-corrected chi connectivity index (χ1v) is 4.72. The van der Waals surface area contributed by atoms with Crippen molar-refractivity contribution in [3.05, 3.63) is 0 Å². The van der Waals surface area contributed by atoms with E-state index in [0.29, 0.717) is 0 Å². The van der Waals surface area contributed by atoms with Crippen molar-refractivity contribution in [1.29, 1.82) is 0 Å². The van der Waals surface area contributed by atoms with E-state index in [9.17, 15) is 0 Å². The molecule has 0 rings (SSSR count). The molecule has 0 bridgehead atoms. The highest BCUT2D eigenvalue weighted by Gasteiger charge is 2.12. The third kappa shape index (κ3) is 5.25. The first-order chi connectivity index (χ1) is 5.07. The fraction of sp³-hybridized carbons (Fsp3) is 1.00. The Balaban J connectivity index is 3.69. The minimum absolute atomic E-state index is 0.831. The summed E-state index contributed by atoms with van der Waals surface area (Å²) in [5, 5.41) is 0. The van der Waals surface area contributed by atoms with Crippen molar-refractivity contribution in [2.45, 2.75) is 33.6 Å². The van der Waals surface area contributed by atoms with Crippen LogP contribution in [0.15, 0.2) is 0 Å². The van der Waals surface area contributed by atoms with Gasteiger partial charge in [-0.05, 0) is 32.4 Å². The lowest BCUT2D eigenvalue weighted by Crippen LogP contribution is -2.25. The van der Waals surface area contributed by atoms with Crippen LogP contribution in [0.4, 0.5) is 0 Å². The molecule has 1 heteroatoms. The third-order valence-corrected chi connectivity index (χ3v) is 2.20. The smallest absolute Gasteiger partial charge is 0.000600 e. The highest BCUT2D eigenvalue weighted by molar-refractivity contribution is 4.64.